The molecule has 4 nitrogen and oxygen atoms in total. The third-order valence-electron chi connectivity index (χ3n) is 3.39. The predicted octanol–water partition coefficient (Wildman–Crippen LogP) is 2.12. The van der Waals surface area contributed by atoms with E-state index in [9.17, 15) is 8.42 Å². The molecule has 0 fully saturated rings. The molecule has 0 atom stereocenters. The second-order valence-corrected chi connectivity index (χ2v) is 7.02. The van der Waals surface area contributed by atoms with Gasteiger partial charge < -0.3 is 5.32 Å². The van der Waals surface area contributed by atoms with Crippen LogP contribution in [0.1, 0.15) is 32.8 Å². The number of rotatable bonds is 4. The highest BCUT2D eigenvalue weighted by Gasteiger charge is 2.25. The van der Waals surface area contributed by atoms with Crippen molar-refractivity contribution >= 4 is 15.7 Å². The third kappa shape index (κ3) is 2.67. The lowest BCUT2D eigenvalue weighted by Gasteiger charge is -2.24. The molecular formula is C13H20N2O2S. The molecule has 1 aliphatic heterocycles. The normalized spacial score (nSPS) is 15.3. The fraction of sp³-hybridized carbons (Fsp3) is 0.538. The summed E-state index contributed by atoms with van der Waals surface area (Å²) in [5.74, 6) is 0. The molecule has 2 rings (SSSR count). The van der Waals surface area contributed by atoms with Gasteiger partial charge in [-0.15, -0.1) is 0 Å². The molecule has 5 heteroatoms. The van der Waals surface area contributed by atoms with Crippen LogP contribution in [-0.4, -0.2) is 20.5 Å². The van der Waals surface area contributed by atoms with Gasteiger partial charge in [0, 0.05) is 17.8 Å². The fourth-order valence-corrected chi connectivity index (χ4v) is 3.48. The van der Waals surface area contributed by atoms with Gasteiger partial charge in [0.05, 0.1) is 4.90 Å². The van der Waals surface area contributed by atoms with E-state index in [1.807, 2.05) is 26.8 Å². The lowest BCUT2D eigenvalue weighted by atomic mass is 10.0. The molecule has 0 saturated heterocycles. The van der Waals surface area contributed by atoms with Crippen molar-refractivity contribution in [1.82, 2.24) is 4.72 Å². The van der Waals surface area contributed by atoms with Crippen molar-refractivity contribution in [3.05, 3.63) is 23.8 Å². The summed E-state index contributed by atoms with van der Waals surface area (Å²) in [6.07, 6.45) is 1.63. The molecule has 0 spiro atoms. The van der Waals surface area contributed by atoms with Crippen molar-refractivity contribution in [3.63, 3.8) is 0 Å². The Kier molecular flexibility index (Phi) is 3.38. The van der Waals surface area contributed by atoms with E-state index in [4.69, 9.17) is 0 Å². The van der Waals surface area contributed by atoms with Gasteiger partial charge in [-0.3, -0.25) is 0 Å². The quantitative estimate of drug-likeness (QED) is 0.879. The SMILES string of the molecule is CCC(C)(C)NS(=O)(=O)c1ccc2c(c1)CCN2. The van der Waals surface area contributed by atoms with Crippen LogP contribution < -0.4 is 10.0 Å². The molecule has 0 saturated carbocycles. The minimum Gasteiger partial charge on any atom is -0.384 e. The molecule has 0 bridgehead atoms. The summed E-state index contributed by atoms with van der Waals surface area (Å²) in [7, 11) is -3.43. The number of sulfonamides is 1. The smallest absolute Gasteiger partial charge is 0.241 e. The Bertz CT molecular complexity index is 550. The van der Waals surface area contributed by atoms with Gasteiger partial charge >= 0.3 is 0 Å². The molecule has 1 aromatic carbocycles. The first-order valence-corrected chi connectivity index (χ1v) is 7.73. The summed E-state index contributed by atoms with van der Waals surface area (Å²) < 4.78 is 27.3. The summed E-state index contributed by atoms with van der Waals surface area (Å²) >= 11 is 0. The fourth-order valence-electron chi connectivity index (χ4n) is 1.94. The van der Waals surface area contributed by atoms with Gasteiger partial charge in [-0.05, 0) is 50.5 Å². The zero-order valence-corrected chi connectivity index (χ0v) is 11.9. The van der Waals surface area contributed by atoms with Gasteiger partial charge in [0.1, 0.15) is 0 Å². The van der Waals surface area contributed by atoms with Gasteiger partial charge in [0.25, 0.3) is 0 Å². The van der Waals surface area contributed by atoms with Crippen LogP contribution >= 0.6 is 0 Å². The maximum Gasteiger partial charge on any atom is 0.241 e. The summed E-state index contributed by atoms with van der Waals surface area (Å²) in [6, 6.07) is 5.27. The van der Waals surface area contributed by atoms with Crippen LogP contribution in [0.15, 0.2) is 23.1 Å². The summed E-state index contributed by atoms with van der Waals surface area (Å²) in [6.45, 7) is 6.63. The third-order valence-corrected chi connectivity index (χ3v) is 5.09. The van der Waals surface area contributed by atoms with Crippen molar-refractivity contribution in [1.29, 1.82) is 0 Å². The van der Waals surface area contributed by atoms with Gasteiger partial charge in [0.15, 0.2) is 0 Å². The summed E-state index contributed by atoms with van der Waals surface area (Å²) in [5.41, 5.74) is 1.70. The van der Waals surface area contributed by atoms with E-state index in [1.54, 1.807) is 12.1 Å². The molecule has 0 aliphatic carbocycles. The number of nitrogens with one attached hydrogen (secondary N) is 2. The van der Waals surface area contributed by atoms with E-state index in [-0.39, 0.29) is 0 Å². The minimum atomic E-state index is -3.43. The molecule has 100 valence electrons. The van der Waals surface area contributed by atoms with E-state index < -0.39 is 15.6 Å². The summed E-state index contributed by atoms with van der Waals surface area (Å²) in [4.78, 5) is 0.353. The molecule has 2 N–H and O–H groups in total. The first-order valence-electron chi connectivity index (χ1n) is 6.25. The maximum atomic E-state index is 12.3. The Morgan fingerprint density at radius 2 is 2.11 bits per heavy atom. The number of anilines is 1. The van der Waals surface area contributed by atoms with Crippen LogP contribution in [0.25, 0.3) is 0 Å². The van der Waals surface area contributed by atoms with E-state index in [0.717, 1.165) is 30.6 Å². The Labute approximate surface area is 109 Å². The second-order valence-electron chi connectivity index (χ2n) is 5.34. The number of benzene rings is 1. The van der Waals surface area contributed by atoms with E-state index in [1.165, 1.54) is 0 Å². The lowest BCUT2D eigenvalue weighted by molar-refractivity contribution is 0.439. The maximum absolute atomic E-state index is 12.3. The van der Waals surface area contributed by atoms with Gasteiger partial charge in [0.2, 0.25) is 10.0 Å². The van der Waals surface area contributed by atoms with Crippen LogP contribution in [-0.2, 0) is 16.4 Å². The standard InChI is InChI=1S/C13H20N2O2S/c1-4-13(2,3)15-18(16,17)11-5-6-12-10(9-11)7-8-14-12/h5-6,9,14-15H,4,7-8H2,1-3H3. The van der Waals surface area contributed by atoms with Crippen LogP contribution in [0.4, 0.5) is 5.69 Å². The highest BCUT2D eigenvalue weighted by molar-refractivity contribution is 7.89. The predicted molar refractivity (Wildman–Crippen MR) is 73.3 cm³/mol. The molecule has 1 aromatic rings. The van der Waals surface area contributed by atoms with Crippen LogP contribution in [0, 0.1) is 0 Å². The zero-order chi connectivity index (χ0) is 13.4. The number of hydrogen-bond acceptors (Lipinski definition) is 3. The monoisotopic (exact) mass is 268 g/mol. The molecule has 0 unspecified atom stereocenters. The molecule has 1 heterocycles. The number of fused-ring (bicyclic) bond motifs is 1. The Morgan fingerprint density at radius 1 is 1.39 bits per heavy atom. The second kappa shape index (κ2) is 4.55. The first-order chi connectivity index (χ1) is 8.34. The Morgan fingerprint density at radius 3 is 2.78 bits per heavy atom. The highest BCUT2D eigenvalue weighted by Crippen LogP contribution is 2.25. The number of hydrogen-bond donors (Lipinski definition) is 2. The first kappa shape index (κ1) is 13.4. The van der Waals surface area contributed by atoms with Crippen molar-refractivity contribution in [3.8, 4) is 0 Å². The van der Waals surface area contributed by atoms with Crippen molar-refractivity contribution in [2.24, 2.45) is 0 Å². The molecule has 0 radical (unpaired) electrons. The van der Waals surface area contributed by atoms with Crippen LogP contribution in [0.3, 0.4) is 0 Å². The molecular weight excluding hydrogens is 248 g/mol. The topological polar surface area (TPSA) is 58.2 Å². The highest BCUT2D eigenvalue weighted by atomic mass is 32.2. The van der Waals surface area contributed by atoms with Crippen molar-refractivity contribution in [2.45, 2.75) is 44.0 Å². The lowest BCUT2D eigenvalue weighted by Crippen LogP contribution is -2.42. The van der Waals surface area contributed by atoms with E-state index in [0.29, 0.717) is 4.90 Å². The van der Waals surface area contributed by atoms with Crippen molar-refractivity contribution < 1.29 is 8.42 Å². The molecule has 1 aliphatic rings. The Balaban J connectivity index is 2.31. The molecule has 18 heavy (non-hydrogen) atoms. The molecule has 0 amide bonds. The van der Waals surface area contributed by atoms with Gasteiger partial charge in [-0.2, -0.15) is 0 Å². The minimum absolute atomic E-state index is 0.353. The largest absolute Gasteiger partial charge is 0.384 e. The van der Waals surface area contributed by atoms with Crippen LogP contribution in [0.2, 0.25) is 0 Å². The average Bonchev–Trinajstić information content (AvgIpc) is 2.74. The van der Waals surface area contributed by atoms with E-state index >= 15 is 0 Å². The Hall–Kier alpha value is -1.07. The average molecular weight is 268 g/mol. The molecule has 0 aromatic heterocycles. The summed E-state index contributed by atoms with van der Waals surface area (Å²) in [5, 5.41) is 3.22. The van der Waals surface area contributed by atoms with Gasteiger partial charge in [-0.1, -0.05) is 6.92 Å². The van der Waals surface area contributed by atoms with Crippen LogP contribution in [0.5, 0.6) is 0 Å². The van der Waals surface area contributed by atoms with E-state index in [2.05, 4.69) is 10.0 Å². The van der Waals surface area contributed by atoms with Crippen molar-refractivity contribution in [2.75, 3.05) is 11.9 Å². The zero-order valence-electron chi connectivity index (χ0n) is 11.1. The van der Waals surface area contributed by atoms with Gasteiger partial charge in [-0.25, -0.2) is 13.1 Å².